The minimum Gasteiger partial charge on any atom is -0.324 e. The third-order valence-corrected chi connectivity index (χ3v) is 6.83. The van der Waals surface area contributed by atoms with Crippen LogP contribution in [-0.2, 0) is 14.4 Å². The molecule has 1 aliphatic heterocycles. The summed E-state index contributed by atoms with van der Waals surface area (Å²) in [6.07, 6.45) is 5.39. The molecule has 2 bridgehead atoms. The monoisotopic (exact) mass is 370 g/mol. The second-order valence-electron chi connectivity index (χ2n) is 7.87. The minimum atomic E-state index is -0.827. The van der Waals surface area contributed by atoms with Crippen molar-refractivity contribution in [3.63, 3.8) is 0 Å². The number of anilines is 1. The van der Waals surface area contributed by atoms with E-state index in [1.165, 1.54) is 4.90 Å². The lowest BCUT2D eigenvalue weighted by molar-refractivity contribution is -0.146. The summed E-state index contributed by atoms with van der Waals surface area (Å²) in [6.45, 7) is 1.62. The first-order valence-electron chi connectivity index (χ1n) is 9.09. The fraction of sp³-hybridized carbons (Fsp3) is 0.450. The molecule has 26 heavy (non-hydrogen) atoms. The van der Waals surface area contributed by atoms with Crippen molar-refractivity contribution in [1.82, 2.24) is 4.90 Å². The Morgan fingerprint density at radius 3 is 2.15 bits per heavy atom. The first-order chi connectivity index (χ1) is 12.5. The summed E-state index contributed by atoms with van der Waals surface area (Å²) < 4.78 is 0. The van der Waals surface area contributed by atoms with Crippen LogP contribution < -0.4 is 5.32 Å². The van der Waals surface area contributed by atoms with Crippen LogP contribution in [0, 0.1) is 35.5 Å². The van der Waals surface area contributed by atoms with Gasteiger partial charge in [0.2, 0.25) is 17.7 Å². The number of likely N-dealkylation sites (tertiary alicyclic amines) is 1. The Balaban J connectivity index is 1.37. The Labute approximate surface area is 156 Å². The molecular weight excluding hydrogens is 352 g/mol. The summed E-state index contributed by atoms with van der Waals surface area (Å²) in [4.78, 5) is 39.9. The third-order valence-electron chi connectivity index (χ3n) is 6.58. The van der Waals surface area contributed by atoms with Gasteiger partial charge in [-0.3, -0.25) is 19.3 Å². The van der Waals surface area contributed by atoms with Crippen LogP contribution in [0.3, 0.4) is 0 Å². The second kappa shape index (κ2) is 5.43. The number of amides is 3. The van der Waals surface area contributed by atoms with Crippen LogP contribution in [0.4, 0.5) is 5.69 Å². The van der Waals surface area contributed by atoms with E-state index in [0.29, 0.717) is 22.5 Å². The van der Waals surface area contributed by atoms with E-state index in [9.17, 15) is 14.4 Å². The van der Waals surface area contributed by atoms with Crippen molar-refractivity contribution in [2.24, 2.45) is 35.5 Å². The average Bonchev–Trinajstić information content (AvgIpc) is 3.41. The topological polar surface area (TPSA) is 66.5 Å². The summed E-state index contributed by atoms with van der Waals surface area (Å²) in [5.74, 6) is 0.192. The molecule has 1 aromatic rings. The molecule has 4 aliphatic carbocycles. The van der Waals surface area contributed by atoms with Crippen molar-refractivity contribution in [3.05, 3.63) is 41.4 Å². The fourth-order valence-corrected chi connectivity index (χ4v) is 5.38. The van der Waals surface area contributed by atoms with Crippen LogP contribution in [0.1, 0.15) is 13.3 Å². The van der Waals surface area contributed by atoms with E-state index < -0.39 is 6.04 Å². The van der Waals surface area contributed by atoms with Gasteiger partial charge >= 0.3 is 0 Å². The van der Waals surface area contributed by atoms with Gasteiger partial charge in [-0.15, -0.1) is 0 Å². The molecule has 6 rings (SSSR count). The Hall–Kier alpha value is -2.14. The number of nitrogens with one attached hydrogen (secondary N) is 1. The molecule has 0 radical (unpaired) electrons. The van der Waals surface area contributed by atoms with Gasteiger partial charge in [0, 0.05) is 10.7 Å². The van der Waals surface area contributed by atoms with E-state index in [0.717, 1.165) is 6.42 Å². The van der Waals surface area contributed by atoms with Gasteiger partial charge in [-0.1, -0.05) is 23.8 Å². The molecular formula is C20H19ClN2O3. The van der Waals surface area contributed by atoms with Gasteiger partial charge < -0.3 is 5.32 Å². The number of carbonyl (C=O) groups is 3. The highest BCUT2D eigenvalue weighted by Gasteiger charge is 2.67. The molecule has 1 N–H and O–H groups in total. The fourth-order valence-electron chi connectivity index (χ4n) is 5.26. The molecule has 1 aromatic carbocycles. The van der Waals surface area contributed by atoms with Gasteiger partial charge in [-0.05, 0) is 61.3 Å². The zero-order valence-corrected chi connectivity index (χ0v) is 15.0. The van der Waals surface area contributed by atoms with Crippen LogP contribution in [0.15, 0.2) is 36.4 Å². The number of hydrogen-bond donors (Lipinski definition) is 1. The maximum atomic E-state index is 13.0. The molecule has 0 unspecified atom stereocenters. The van der Waals surface area contributed by atoms with Gasteiger partial charge in [0.05, 0.1) is 11.8 Å². The van der Waals surface area contributed by atoms with Crippen molar-refractivity contribution >= 4 is 35.0 Å². The van der Waals surface area contributed by atoms with E-state index in [1.807, 2.05) is 0 Å². The largest absolute Gasteiger partial charge is 0.324 e. The zero-order chi connectivity index (χ0) is 18.2. The van der Waals surface area contributed by atoms with Crippen molar-refractivity contribution < 1.29 is 14.4 Å². The summed E-state index contributed by atoms with van der Waals surface area (Å²) in [6, 6.07) is 5.92. The Kier molecular flexibility index (Phi) is 3.35. The summed E-state index contributed by atoms with van der Waals surface area (Å²) in [5.41, 5.74) is 0.589. The van der Waals surface area contributed by atoms with Crippen LogP contribution in [0.5, 0.6) is 0 Å². The van der Waals surface area contributed by atoms with E-state index in [-0.39, 0.29) is 41.4 Å². The number of benzene rings is 1. The number of nitrogens with zero attached hydrogens (tertiary/aromatic N) is 1. The molecule has 3 amide bonds. The number of carbonyl (C=O) groups excluding carboxylic acids is 3. The third kappa shape index (κ3) is 2.13. The highest BCUT2D eigenvalue weighted by atomic mass is 35.5. The lowest BCUT2D eigenvalue weighted by Gasteiger charge is -2.37. The molecule has 6 heteroatoms. The summed E-state index contributed by atoms with van der Waals surface area (Å²) in [7, 11) is 0. The Morgan fingerprint density at radius 2 is 1.62 bits per heavy atom. The van der Waals surface area contributed by atoms with Crippen molar-refractivity contribution in [3.8, 4) is 0 Å². The Bertz CT molecular complexity index is 813. The van der Waals surface area contributed by atoms with E-state index in [2.05, 4.69) is 17.5 Å². The van der Waals surface area contributed by atoms with Gasteiger partial charge in [0.1, 0.15) is 6.04 Å². The van der Waals surface area contributed by atoms with Crippen molar-refractivity contribution in [1.29, 1.82) is 0 Å². The lowest BCUT2D eigenvalue weighted by atomic mass is 9.63. The first kappa shape index (κ1) is 16.1. The van der Waals surface area contributed by atoms with Crippen molar-refractivity contribution in [2.75, 3.05) is 5.32 Å². The zero-order valence-electron chi connectivity index (χ0n) is 14.3. The van der Waals surface area contributed by atoms with E-state index in [1.54, 1.807) is 31.2 Å². The first-order valence-corrected chi connectivity index (χ1v) is 9.47. The second-order valence-corrected chi connectivity index (χ2v) is 8.31. The predicted molar refractivity (Wildman–Crippen MR) is 96.1 cm³/mol. The average molecular weight is 371 g/mol. The lowest BCUT2D eigenvalue weighted by Crippen LogP contribution is -2.46. The van der Waals surface area contributed by atoms with Crippen LogP contribution in [0.25, 0.3) is 0 Å². The van der Waals surface area contributed by atoms with E-state index >= 15 is 0 Å². The SMILES string of the molecule is C[C@H](C(=O)Nc1ccc(Cl)cc1)N1C(=O)[C@@H]2[C@H]3C=C[C@@H]([C@@H]4C[C@H]34)[C@@H]2C1=O. The van der Waals surface area contributed by atoms with Gasteiger partial charge in [0.15, 0.2) is 0 Å². The minimum absolute atomic E-state index is 0.169. The summed E-state index contributed by atoms with van der Waals surface area (Å²) in [5, 5.41) is 3.34. The number of rotatable bonds is 3. The van der Waals surface area contributed by atoms with Crippen LogP contribution in [0.2, 0.25) is 5.02 Å². The van der Waals surface area contributed by atoms with Crippen LogP contribution in [-0.4, -0.2) is 28.7 Å². The molecule has 7 atom stereocenters. The summed E-state index contributed by atoms with van der Waals surface area (Å²) >= 11 is 5.85. The quantitative estimate of drug-likeness (QED) is 0.657. The number of hydrogen-bond acceptors (Lipinski definition) is 3. The van der Waals surface area contributed by atoms with Crippen LogP contribution >= 0.6 is 11.6 Å². The normalized spacial score (nSPS) is 37.4. The smallest absolute Gasteiger partial charge is 0.247 e. The molecule has 134 valence electrons. The number of halogens is 1. The molecule has 0 aromatic heterocycles. The molecule has 1 saturated heterocycles. The molecule has 1 heterocycles. The standard InChI is InChI=1S/C20H19ClN2O3/c1-9(18(24)22-11-4-2-10(21)3-5-11)23-19(25)16-12-6-7-13(15-8-14(12)15)17(16)20(23)26/h2-7,9,12-17H,8H2,1H3,(H,22,24)/t9-,12+,13+,14-,15+,16-,17+/m1/s1. The van der Waals surface area contributed by atoms with E-state index in [4.69, 9.17) is 11.6 Å². The van der Waals surface area contributed by atoms with Gasteiger partial charge in [-0.2, -0.15) is 0 Å². The number of imide groups is 1. The Morgan fingerprint density at radius 1 is 1.08 bits per heavy atom. The van der Waals surface area contributed by atoms with Crippen molar-refractivity contribution in [2.45, 2.75) is 19.4 Å². The molecule has 3 fully saturated rings. The molecule has 5 nitrogen and oxygen atoms in total. The molecule has 5 aliphatic rings. The highest BCUT2D eigenvalue weighted by molar-refractivity contribution is 6.30. The van der Waals surface area contributed by atoms with Gasteiger partial charge in [0.25, 0.3) is 0 Å². The number of allylic oxidation sites excluding steroid dienone is 2. The van der Waals surface area contributed by atoms with Gasteiger partial charge in [-0.25, -0.2) is 0 Å². The highest BCUT2D eigenvalue weighted by Crippen LogP contribution is 2.65. The maximum Gasteiger partial charge on any atom is 0.247 e. The molecule has 0 spiro atoms. The predicted octanol–water partition coefficient (Wildman–Crippen LogP) is 2.72. The molecule has 2 saturated carbocycles. The maximum absolute atomic E-state index is 13.0.